The van der Waals surface area contributed by atoms with Crippen molar-refractivity contribution in [2.75, 3.05) is 45.1 Å². The molecule has 3 heterocycles. The second kappa shape index (κ2) is 6.48. The molecule has 1 aliphatic heterocycles. The Labute approximate surface area is 136 Å². The maximum Gasteiger partial charge on any atom is 0.138 e. The van der Waals surface area contributed by atoms with Crippen LogP contribution in [0, 0.1) is 0 Å². The number of fused-ring (bicyclic) bond motifs is 1. The number of hydrogen-bond donors (Lipinski definition) is 1. The van der Waals surface area contributed by atoms with Crippen molar-refractivity contribution >= 4 is 27.4 Å². The first kappa shape index (κ1) is 15.6. The summed E-state index contributed by atoms with van der Waals surface area (Å²) < 4.78 is 0. The van der Waals surface area contributed by atoms with Gasteiger partial charge in [0.1, 0.15) is 17.0 Å². The maximum absolute atomic E-state index is 4.43. The summed E-state index contributed by atoms with van der Waals surface area (Å²) in [5.74, 6) is 0.953. The smallest absolute Gasteiger partial charge is 0.138 e. The van der Waals surface area contributed by atoms with E-state index in [1.54, 1.807) is 17.7 Å². The number of nitrogens with zero attached hydrogens (tertiary/aromatic N) is 4. The van der Waals surface area contributed by atoms with E-state index >= 15 is 0 Å². The minimum absolute atomic E-state index is 0.0204. The molecule has 0 bridgehead atoms. The molecule has 2 aromatic rings. The largest absolute Gasteiger partial charge is 0.365 e. The first-order valence-corrected chi connectivity index (χ1v) is 8.79. The fourth-order valence-electron chi connectivity index (χ4n) is 2.78. The van der Waals surface area contributed by atoms with Crippen LogP contribution in [0.2, 0.25) is 0 Å². The van der Waals surface area contributed by atoms with E-state index in [1.165, 1.54) is 26.2 Å². The second-order valence-corrected chi connectivity index (χ2v) is 7.66. The number of hydrogen-bond acceptors (Lipinski definition) is 6. The minimum atomic E-state index is 0.0204. The highest BCUT2D eigenvalue weighted by Crippen LogP contribution is 2.27. The zero-order chi connectivity index (χ0) is 15.6. The molecule has 0 aliphatic carbocycles. The van der Waals surface area contributed by atoms with Crippen LogP contribution in [0.5, 0.6) is 0 Å². The van der Waals surface area contributed by atoms with Crippen LogP contribution in [0.25, 0.3) is 10.2 Å². The molecular formula is C16H25N5S. The highest BCUT2D eigenvalue weighted by Gasteiger charge is 2.22. The predicted octanol–water partition coefficient (Wildman–Crippen LogP) is 2.52. The van der Waals surface area contributed by atoms with Crippen molar-refractivity contribution in [2.24, 2.45) is 0 Å². The Bertz CT molecular complexity index is 616. The highest BCUT2D eigenvalue weighted by atomic mass is 32.1. The van der Waals surface area contributed by atoms with E-state index in [0.29, 0.717) is 0 Å². The highest BCUT2D eigenvalue weighted by molar-refractivity contribution is 7.16. The van der Waals surface area contributed by atoms with Crippen LogP contribution in [0.3, 0.4) is 0 Å². The summed E-state index contributed by atoms with van der Waals surface area (Å²) in [6.07, 6.45) is 2.75. The van der Waals surface area contributed by atoms with E-state index in [1.807, 2.05) is 0 Å². The molecule has 22 heavy (non-hydrogen) atoms. The van der Waals surface area contributed by atoms with Crippen molar-refractivity contribution in [3.05, 3.63) is 17.8 Å². The second-order valence-electron chi connectivity index (χ2n) is 6.77. The van der Waals surface area contributed by atoms with E-state index in [4.69, 9.17) is 0 Å². The lowest BCUT2D eigenvalue weighted by Gasteiger charge is -2.35. The lowest BCUT2D eigenvalue weighted by atomic mass is 10.00. The zero-order valence-corrected chi connectivity index (χ0v) is 14.5. The summed E-state index contributed by atoms with van der Waals surface area (Å²) in [6, 6.07) is 2.10. The molecular weight excluding hydrogens is 294 g/mol. The van der Waals surface area contributed by atoms with Crippen LogP contribution in [0.15, 0.2) is 17.8 Å². The topological polar surface area (TPSA) is 44.3 Å². The van der Waals surface area contributed by atoms with Gasteiger partial charge in [-0.05, 0) is 38.8 Å². The Kier molecular flexibility index (Phi) is 4.61. The van der Waals surface area contributed by atoms with Gasteiger partial charge >= 0.3 is 0 Å². The van der Waals surface area contributed by atoms with Crippen LogP contribution < -0.4 is 5.32 Å². The van der Waals surface area contributed by atoms with Gasteiger partial charge in [-0.2, -0.15) is 0 Å². The molecule has 2 aromatic heterocycles. The van der Waals surface area contributed by atoms with Crippen LogP contribution in [-0.2, 0) is 0 Å². The van der Waals surface area contributed by atoms with Gasteiger partial charge in [0.2, 0.25) is 0 Å². The number of thiophene rings is 1. The van der Waals surface area contributed by atoms with Gasteiger partial charge in [-0.25, -0.2) is 9.97 Å². The Morgan fingerprint density at radius 3 is 2.77 bits per heavy atom. The van der Waals surface area contributed by atoms with Gasteiger partial charge in [0.25, 0.3) is 0 Å². The molecule has 0 unspecified atom stereocenters. The van der Waals surface area contributed by atoms with Gasteiger partial charge < -0.3 is 15.1 Å². The maximum atomic E-state index is 4.43. The lowest BCUT2D eigenvalue weighted by molar-refractivity contribution is 0.147. The van der Waals surface area contributed by atoms with E-state index in [9.17, 15) is 0 Å². The summed E-state index contributed by atoms with van der Waals surface area (Å²) in [6.45, 7) is 10.3. The van der Waals surface area contributed by atoms with Crippen LogP contribution in [0.1, 0.15) is 20.3 Å². The Hall–Kier alpha value is -1.24. The Morgan fingerprint density at radius 2 is 2.00 bits per heavy atom. The minimum Gasteiger partial charge on any atom is -0.365 e. The summed E-state index contributed by atoms with van der Waals surface area (Å²) in [5.41, 5.74) is 0.0204. The summed E-state index contributed by atoms with van der Waals surface area (Å²) >= 11 is 1.66. The zero-order valence-electron chi connectivity index (χ0n) is 13.7. The quantitative estimate of drug-likeness (QED) is 0.917. The van der Waals surface area contributed by atoms with Gasteiger partial charge in [0.05, 0.1) is 5.39 Å². The van der Waals surface area contributed by atoms with Gasteiger partial charge in [-0.15, -0.1) is 11.3 Å². The SMILES string of the molecule is CN1CCN(CCC(C)(C)Nc2ncnc3sccc23)CC1. The third-order valence-corrected chi connectivity index (χ3v) is 5.19. The molecule has 3 rings (SSSR count). The van der Waals surface area contributed by atoms with Crippen molar-refractivity contribution in [3.8, 4) is 0 Å². The molecule has 0 spiro atoms. The van der Waals surface area contributed by atoms with Crippen LogP contribution in [-0.4, -0.2) is 65.1 Å². The molecule has 1 saturated heterocycles. The normalized spacial score (nSPS) is 18.0. The number of anilines is 1. The molecule has 0 saturated carbocycles. The fraction of sp³-hybridized carbons (Fsp3) is 0.625. The molecule has 5 nitrogen and oxygen atoms in total. The third kappa shape index (κ3) is 3.74. The van der Waals surface area contributed by atoms with E-state index in [-0.39, 0.29) is 5.54 Å². The number of aromatic nitrogens is 2. The number of piperazine rings is 1. The summed E-state index contributed by atoms with van der Waals surface area (Å²) in [5, 5.41) is 6.81. The van der Waals surface area contributed by atoms with E-state index in [0.717, 1.165) is 29.0 Å². The standard InChI is InChI=1S/C16H25N5S/c1-16(2,5-6-21-9-7-20(3)8-10-21)19-14-13-4-11-22-15(13)18-12-17-14/h4,11-12H,5-10H2,1-3H3,(H,17,18,19). The molecule has 1 N–H and O–H groups in total. The average Bonchev–Trinajstić information content (AvgIpc) is 2.96. The molecule has 0 aromatic carbocycles. The number of likely N-dealkylation sites (N-methyl/N-ethyl adjacent to an activating group) is 1. The van der Waals surface area contributed by atoms with Crippen molar-refractivity contribution in [1.82, 2.24) is 19.8 Å². The van der Waals surface area contributed by atoms with Gasteiger partial charge in [0, 0.05) is 38.3 Å². The first-order chi connectivity index (χ1) is 10.5. The number of rotatable bonds is 5. The van der Waals surface area contributed by atoms with E-state index in [2.05, 4.69) is 57.4 Å². The molecule has 6 heteroatoms. The Balaban J connectivity index is 1.60. The molecule has 120 valence electrons. The molecule has 1 fully saturated rings. The van der Waals surface area contributed by atoms with E-state index < -0.39 is 0 Å². The van der Waals surface area contributed by atoms with Crippen LogP contribution >= 0.6 is 11.3 Å². The van der Waals surface area contributed by atoms with Crippen LogP contribution in [0.4, 0.5) is 5.82 Å². The summed E-state index contributed by atoms with van der Waals surface area (Å²) in [7, 11) is 2.20. The Morgan fingerprint density at radius 1 is 1.23 bits per heavy atom. The van der Waals surface area contributed by atoms with Crippen molar-refractivity contribution < 1.29 is 0 Å². The third-order valence-electron chi connectivity index (χ3n) is 4.37. The fourth-order valence-corrected chi connectivity index (χ4v) is 3.51. The summed E-state index contributed by atoms with van der Waals surface area (Å²) in [4.78, 5) is 14.8. The molecule has 1 aliphatic rings. The van der Waals surface area contributed by atoms with Gasteiger partial charge in [-0.1, -0.05) is 0 Å². The monoisotopic (exact) mass is 319 g/mol. The first-order valence-electron chi connectivity index (χ1n) is 7.91. The molecule has 0 radical (unpaired) electrons. The number of nitrogens with one attached hydrogen (secondary N) is 1. The molecule has 0 amide bonds. The average molecular weight is 319 g/mol. The predicted molar refractivity (Wildman–Crippen MR) is 93.7 cm³/mol. The van der Waals surface area contributed by atoms with Crippen molar-refractivity contribution in [1.29, 1.82) is 0 Å². The van der Waals surface area contributed by atoms with Crippen molar-refractivity contribution in [2.45, 2.75) is 25.8 Å². The lowest BCUT2D eigenvalue weighted by Crippen LogP contribution is -2.46. The van der Waals surface area contributed by atoms with Gasteiger partial charge in [0.15, 0.2) is 0 Å². The molecule has 0 atom stereocenters. The van der Waals surface area contributed by atoms with Gasteiger partial charge in [-0.3, -0.25) is 0 Å². The van der Waals surface area contributed by atoms with Crippen molar-refractivity contribution in [3.63, 3.8) is 0 Å².